The zero-order chi connectivity index (χ0) is 19.0. The van der Waals surface area contributed by atoms with E-state index in [4.69, 9.17) is 10.3 Å². The van der Waals surface area contributed by atoms with Gasteiger partial charge in [0.1, 0.15) is 33.2 Å². The summed E-state index contributed by atoms with van der Waals surface area (Å²) in [6, 6.07) is 1.07. The first-order chi connectivity index (χ1) is 11.5. The number of hydrogen-bond acceptors (Lipinski definition) is 4. The Morgan fingerprint density at radius 3 is 2.68 bits per heavy atom. The first kappa shape index (κ1) is 19.5. The van der Waals surface area contributed by atoms with Gasteiger partial charge in [-0.25, -0.2) is 8.78 Å². The number of azide groups is 1. The van der Waals surface area contributed by atoms with Crippen molar-refractivity contribution in [1.82, 2.24) is 0 Å². The summed E-state index contributed by atoms with van der Waals surface area (Å²) in [6.45, 7) is 8.39. The molecule has 6 nitrogen and oxygen atoms in total. The molecule has 0 radical (unpaired) electrons. The molecule has 1 aliphatic heterocycles. The summed E-state index contributed by atoms with van der Waals surface area (Å²) in [5.41, 5.74) is 8.01. The van der Waals surface area contributed by atoms with Crippen LogP contribution in [0.3, 0.4) is 0 Å². The molecule has 0 bridgehead atoms. The van der Waals surface area contributed by atoms with E-state index in [-0.39, 0.29) is 30.0 Å². The molecule has 0 amide bonds. The smallest absolute Gasteiger partial charge is 0.171 e. The SMILES string of the molecule is C/C(=N\[S@+]([O-])C(C)(C)C)c1c(F)c(F)cc2c1OC(C)(CN=[N+]=[N-])C2. The maximum absolute atomic E-state index is 14.4. The third-order valence-corrected chi connectivity index (χ3v) is 5.22. The van der Waals surface area contributed by atoms with E-state index in [2.05, 4.69) is 14.4 Å². The lowest BCUT2D eigenvalue weighted by Crippen LogP contribution is -2.33. The first-order valence-electron chi connectivity index (χ1n) is 7.67. The third kappa shape index (κ3) is 4.05. The summed E-state index contributed by atoms with van der Waals surface area (Å²) < 4.78 is 49.9. The predicted octanol–water partition coefficient (Wildman–Crippen LogP) is 4.24. The van der Waals surface area contributed by atoms with Crippen LogP contribution in [0.15, 0.2) is 15.6 Å². The van der Waals surface area contributed by atoms with Crippen molar-refractivity contribution in [2.45, 2.75) is 51.4 Å². The van der Waals surface area contributed by atoms with E-state index in [0.29, 0.717) is 5.56 Å². The maximum Gasteiger partial charge on any atom is 0.171 e. The van der Waals surface area contributed by atoms with Crippen LogP contribution in [0.25, 0.3) is 10.4 Å². The van der Waals surface area contributed by atoms with Gasteiger partial charge in [-0.1, -0.05) is 9.51 Å². The molecule has 136 valence electrons. The second-order valence-electron chi connectivity index (χ2n) is 7.19. The van der Waals surface area contributed by atoms with Crippen molar-refractivity contribution >= 4 is 17.1 Å². The minimum atomic E-state index is -1.63. The van der Waals surface area contributed by atoms with Crippen LogP contribution in [-0.4, -0.2) is 27.2 Å². The molecule has 25 heavy (non-hydrogen) atoms. The van der Waals surface area contributed by atoms with E-state index < -0.39 is 33.3 Å². The van der Waals surface area contributed by atoms with Crippen molar-refractivity contribution in [2.75, 3.05) is 6.54 Å². The average Bonchev–Trinajstić information content (AvgIpc) is 2.81. The Morgan fingerprint density at radius 1 is 1.48 bits per heavy atom. The van der Waals surface area contributed by atoms with Gasteiger partial charge in [-0.05, 0) is 46.2 Å². The lowest BCUT2D eigenvalue weighted by atomic mass is 9.97. The maximum atomic E-state index is 14.4. The summed E-state index contributed by atoms with van der Waals surface area (Å²) in [7, 11) is 0. The molecule has 0 aromatic heterocycles. The third-order valence-electron chi connectivity index (χ3n) is 3.74. The molecule has 0 N–H and O–H groups in total. The molecule has 1 aliphatic rings. The van der Waals surface area contributed by atoms with E-state index in [1.54, 1.807) is 27.7 Å². The van der Waals surface area contributed by atoms with Crippen LogP contribution in [-0.2, 0) is 17.8 Å². The highest BCUT2D eigenvalue weighted by molar-refractivity contribution is 7.91. The molecule has 0 saturated heterocycles. The van der Waals surface area contributed by atoms with Crippen LogP contribution < -0.4 is 4.74 Å². The summed E-state index contributed by atoms with van der Waals surface area (Å²) in [5, 5.41) is 3.50. The Morgan fingerprint density at radius 2 is 2.12 bits per heavy atom. The Bertz CT molecular complexity index is 772. The van der Waals surface area contributed by atoms with Gasteiger partial charge >= 0.3 is 0 Å². The summed E-state index contributed by atoms with van der Waals surface area (Å²) in [4.78, 5) is 2.70. The van der Waals surface area contributed by atoms with Gasteiger partial charge in [-0.3, -0.25) is 0 Å². The van der Waals surface area contributed by atoms with Gasteiger partial charge in [0.25, 0.3) is 0 Å². The van der Waals surface area contributed by atoms with Crippen molar-refractivity contribution < 1.29 is 18.1 Å². The van der Waals surface area contributed by atoms with Gasteiger partial charge in [-0.2, -0.15) is 0 Å². The molecule has 1 unspecified atom stereocenters. The van der Waals surface area contributed by atoms with Crippen LogP contribution >= 0.6 is 0 Å². The Hall–Kier alpha value is -1.83. The Labute approximate surface area is 148 Å². The fourth-order valence-electron chi connectivity index (χ4n) is 2.49. The fourth-order valence-corrected chi connectivity index (χ4v) is 3.11. The molecule has 0 saturated carbocycles. The summed E-state index contributed by atoms with van der Waals surface area (Å²) >= 11 is -1.63. The molecule has 0 fully saturated rings. The largest absolute Gasteiger partial charge is 0.591 e. The zero-order valence-electron chi connectivity index (χ0n) is 14.8. The number of ether oxygens (including phenoxy) is 1. The molecular weight excluding hydrogens is 350 g/mol. The average molecular weight is 370 g/mol. The zero-order valence-corrected chi connectivity index (χ0v) is 15.6. The quantitative estimate of drug-likeness (QED) is 0.261. The van der Waals surface area contributed by atoms with Crippen molar-refractivity contribution in [3.05, 3.63) is 39.3 Å². The number of nitrogens with zero attached hydrogens (tertiary/aromatic N) is 4. The van der Waals surface area contributed by atoms with Gasteiger partial charge in [0.2, 0.25) is 0 Å². The molecule has 0 aliphatic carbocycles. The van der Waals surface area contributed by atoms with Crippen LogP contribution in [0.5, 0.6) is 5.75 Å². The van der Waals surface area contributed by atoms with Gasteiger partial charge in [0, 0.05) is 16.9 Å². The van der Waals surface area contributed by atoms with Crippen LogP contribution in [0, 0.1) is 11.6 Å². The van der Waals surface area contributed by atoms with Gasteiger partial charge in [0.05, 0.1) is 12.1 Å². The lowest BCUT2D eigenvalue weighted by molar-refractivity contribution is 0.125. The highest BCUT2D eigenvalue weighted by Crippen LogP contribution is 2.40. The minimum Gasteiger partial charge on any atom is -0.591 e. The first-order valence-corrected chi connectivity index (χ1v) is 8.77. The Kier molecular flexibility index (Phi) is 5.32. The normalized spacial score (nSPS) is 21.4. The highest BCUT2D eigenvalue weighted by atomic mass is 32.2. The van der Waals surface area contributed by atoms with E-state index in [0.717, 1.165) is 6.07 Å². The summed E-state index contributed by atoms with van der Waals surface area (Å²) in [6.07, 6.45) is 0.265. The van der Waals surface area contributed by atoms with E-state index in [9.17, 15) is 13.3 Å². The van der Waals surface area contributed by atoms with Crippen molar-refractivity contribution in [3.63, 3.8) is 0 Å². The number of rotatable bonds is 4. The van der Waals surface area contributed by atoms with Crippen LogP contribution in [0.4, 0.5) is 8.78 Å². The van der Waals surface area contributed by atoms with E-state index in [1.165, 1.54) is 6.92 Å². The molecule has 2 atom stereocenters. The lowest BCUT2D eigenvalue weighted by Gasteiger charge is -2.22. The Balaban J connectivity index is 2.52. The van der Waals surface area contributed by atoms with Crippen LogP contribution in [0.2, 0.25) is 0 Å². The fraction of sp³-hybridized carbons (Fsp3) is 0.562. The van der Waals surface area contributed by atoms with Gasteiger partial charge in [-0.15, -0.1) is 0 Å². The monoisotopic (exact) mass is 370 g/mol. The molecule has 1 aromatic rings. The molecule has 1 aromatic carbocycles. The summed E-state index contributed by atoms with van der Waals surface area (Å²) in [5.74, 6) is -1.97. The second kappa shape index (κ2) is 6.82. The van der Waals surface area contributed by atoms with Crippen molar-refractivity contribution in [3.8, 4) is 5.75 Å². The predicted molar refractivity (Wildman–Crippen MR) is 93.2 cm³/mol. The number of benzene rings is 1. The number of halogens is 2. The van der Waals surface area contributed by atoms with Gasteiger partial charge in [0.15, 0.2) is 11.6 Å². The van der Waals surface area contributed by atoms with Crippen LogP contribution in [0.1, 0.15) is 45.7 Å². The molecular formula is C16H20F2N4O2S. The second-order valence-corrected chi connectivity index (χ2v) is 9.10. The minimum absolute atomic E-state index is 0.0188. The number of fused-ring (bicyclic) bond motifs is 1. The van der Waals surface area contributed by atoms with E-state index >= 15 is 0 Å². The molecule has 1 heterocycles. The van der Waals surface area contributed by atoms with Crippen molar-refractivity contribution in [2.24, 2.45) is 9.51 Å². The molecule has 0 spiro atoms. The van der Waals surface area contributed by atoms with Gasteiger partial charge < -0.3 is 9.29 Å². The molecule has 2 rings (SSSR count). The van der Waals surface area contributed by atoms with E-state index in [1.807, 2.05) is 0 Å². The molecule has 9 heteroatoms. The topological polar surface area (TPSA) is 93.4 Å². The van der Waals surface area contributed by atoms with Crippen molar-refractivity contribution in [1.29, 1.82) is 0 Å². The highest BCUT2D eigenvalue weighted by Gasteiger charge is 2.39. The number of hydrogen-bond donors (Lipinski definition) is 0. The standard InChI is InChI=1S/C16H20F2N4O2S/c1-9(21-25(23)15(2,3)4)12-13(18)11(17)6-10-7-16(5,8-20-22-19)24-14(10)12/h6H,7-8H2,1-5H3/b21-9+/t16?,25-/m1/s1.